The van der Waals surface area contributed by atoms with Crippen LogP contribution >= 0.6 is 11.6 Å². The summed E-state index contributed by atoms with van der Waals surface area (Å²) in [4.78, 5) is 38.4. The number of hydrogen-bond acceptors (Lipinski definition) is 4. The Morgan fingerprint density at radius 3 is 2.44 bits per heavy atom. The van der Waals surface area contributed by atoms with Crippen molar-refractivity contribution in [3.05, 3.63) is 63.7 Å². The van der Waals surface area contributed by atoms with Gasteiger partial charge in [0.05, 0.1) is 17.8 Å². The quantitative estimate of drug-likeness (QED) is 0.647. The summed E-state index contributed by atoms with van der Waals surface area (Å²) >= 11 is 6.10. The molecule has 0 spiro atoms. The summed E-state index contributed by atoms with van der Waals surface area (Å²) in [6.45, 7) is 3.71. The first-order valence-corrected chi connectivity index (χ1v) is 8.52. The van der Waals surface area contributed by atoms with Crippen LogP contribution in [0.4, 0.5) is 10.5 Å². The molecule has 0 aromatic heterocycles. The zero-order valence-corrected chi connectivity index (χ0v) is 15.8. The van der Waals surface area contributed by atoms with Crippen LogP contribution < -0.4 is 15.0 Å². The van der Waals surface area contributed by atoms with Crippen molar-refractivity contribution in [3.63, 3.8) is 0 Å². The van der Waals surface area contributed by atoms with Crippen molar-refractivity contribution in [1.82, 2.24) is 5.32 Å². The normalized spacial score (nSPS) is 15.9. The molecule has 1 N–H and O–H groups in total. The summed E-state index contributed by atoms with van der Waals surface area (Å²) in [6, 6.07) is 9.43. The minimum atomic E-state index is -0.776. The number of anilines is 1. The standard InChI is InChI=1S/C20H17ClN2O4/c1-11-4-6-16(12(2)8-11)23-19(25)14(18(24)22-20(23)26)9-13-5-7-17(27-3)15(21)10-13/h4-10H,1-3H3,(H,22,24,26)/b14-9+. The predicted octanol–water partition coefficient (Wildman–Crippen LogP) is 3.63. The third kappa shape index (κ3) is 3.57. The Morgan fingerprint density at radius 1 is 1.07 bits per heavy atom. The van der Waals surface area contributed by atoms with Crippen molar-refractivity contribution in [1.29, 1.82) is 0 Å². The van der Waals surface area contributed by atoms with Gasteiger partial charge in [0.15, 0.2) is 0 Å². The van der Waals surface area contributed by atoms with Crippen molar-refractivity contribution >= 4 is 41.2 Å². The van der Waals surface area contributed by atoms with Crippen molar-refractivity contribution in [2.45, 2.75) is 13.8 Å². The maximum Gasteiger partial charge on any atom is 0.335 e. The summed E-state index contributed by atoms with van der Waals surface area (Å²) in [5, 5.41) is 2.55. The number of amides is 4. The number of aryl methyl sites for hydroxylation is 2. The van der Waals surface area contributed by atoms with Crippen molar-refractivity contribution < 1.29 is 19.1 Å². The maximum atomic E-state index is 12.9. The highest BCUT2D eigenvalue weighted by molar-refractivity contribution is 6.39. The van der Waals surface area contributed by atoms with Crippen LogP contribution in [-0.4, -0.2) is 25.0 Å². The van der Waals surface area contributed by atoms with Gasteiger partial charge in [0.2, 0.25) is 0 Å². The van der Waals surface area contributed by atoms with E-state index in [4.69, 9.17) is 16.3 Å². The van der Waals surface area contributed by atoms with Gasteiger partial charge in [0, 0.05) is 0 Å². The summed E-state index contributed by atoms with van der Waals surface area (Å²) in [5.74, 6) is -0.967. The highest BCUT2D eigenvalue weighted by Gasteiger charge is 2.37. The minimum Gasteiger partial charge on any atom is -0.495 e. The first-order valence-electron chi connectivity index (χ1n) is 8.14. The Hall–Kier alpha value is -3.12. The van der Waals surface area contributed by atoms with Crippen molar-refractivity contribution in [2.24, 2.45) is 0 Å². The van der Waals surface area contributed by atoms with E-state index >= 15 is 0 Å². The van der Waals surface area contributed by atoms with E-state index in [0.29, 0.717) is 22.0 Å². The fourth-order valence-corrected chi connectivity index (χ4v) is 3.14. The van der Waals surface area contributed by atoms with Gasteiger partial charge in [-0.25, -0.2) is 9.69 Å². The molecule has 6 nitrogen and oxygen atoms in total. The second-order valence-corrected chi connectivity index (χ2v) is 6.55. The maximum absolute atomic E-state index is 12.9. The van der Waals surface area contributed by atoms with Gasteiger partial charge < -0.3 is 4.74 Å². The number of rotatable bonds is 3. The number of methoxy groups -OCH3 is 1. The lowest BCUT2D eigenvalue weighted by atomic mass is 10.0. The molecule has 0 atom stereocenters. The average molecular weight is 385 g/mol. The van der Waals surface area contributed by atoms with E-state index in [0.717, 1.165) is 16.0 Å². The van der Waals surface area contributed by atoms with Gasteiger partial charge >= 0.3 is 6.03 Å². The van der Waals surface area contributed by atoms with Gasteiger partial charge in [-0.1, -0.05) is 35.4 Å². The molecule has 1 heterocycles. The smallest absolute Gasteiger partial charge is 0.335 e. The topological polar surface area (TPSA) is 75.7 Å². The van der Waals surface area contributed by atoms with Crippen LogP contribution in [-0.2, 0) is 9.59 Å². The molecule has 1 fully saturated rings. The van der Waals surface area contributed by atoms with Gasteiger partial charge in [0.25, 0.3) is 11.8 Å². The number of halogens is 1. The van der Waals surface area contributed by atoms with Crippen LogP contribution in [0.25, 0.3) is 6.08 Å². The van der Waals surface area contributed by atoms with E-state index in [1.165, 1.54) is 13.2 Å². The number of carbonyl (C=O) groups excluding carboxylic acids is 3. The molecule has 2 aromatic carbocycles. The monoisotopic (exact) mass is 384 g/mol. The van der Waals surface area contributed by atoms with Crippen LogP contribution in [0, 0.1) is 13.8 Å². The Morgan fingerprint density at radius 2 is 1.81 bits per heavy atom. The van der Waals surface area contributed by atoms with E-state index in [2.05, 4.69) is 5.32 Å². The molecule has 138 valence electrons. The summed E-state index contributed by atoms with van der Waals surface area (Å²) in [6.07, 6.45) is 1.39. The Bertz CT molecular complexity index is 997. The lowest BCUT2D eigenvalue weighted by Gasteiger charge is -2.27. The fourth-order valence-electron chi connectivity index (χ4n) is 2.87. The van der Waals surface area contributed by atoms with Crippen LogP contribution in [0.5, 0.6) is 5.75 Å². The molecule has 0 radical (unpaired) electrons. The summed E-state index contributed by atoms with van der Waals surface area (Å²) in [7, 11) is 1.49. The summed E-state index contributed by atoms with van der Waals surface area (Å²) in [5.41, 5.74) is 2.56. The van der Waals surface area contributed by atoms with Gasteiger partial charge in [-0.3, -0.25) is 14.9 Å². The van der Waals surface area contributed by atoms with Crippen molar-refractivity contribution in [3.8, 4) is 5.75 Å². The molecule has 1 aliphatic rings. The van der Waals surface area contributed by atoms with Crippen LogP contribution in [0.3, 0.4) is 0 Å². The lowest BCUT2D eigenvalue weighted by Crippen LogP contribution is -2.54. The van der Waals surface area contributed by atoms with E-state index < -0.39 is 17.8 Å². The Balaban J connectivity index is 2.03. The molecule has 4 amide bonds. The third-order valence-corrected chi connectivity index (χ3v) is 4.48. The van der Waals surface area contributed by atoms with E-state index in [9.17, 15) is 14.4 Å². The molecule has 0 aliphatic carbocycles. The number of carbonyl (C=O) groups is 3. The number of hydrogen-bond donors (Lipinski definition) is 1. The first-order chi connectivity index (χ1) is 12.8. The Kier molecular flexibility index (Phi) is 5.01. The van der Waals surface area contributed by atoms with Gasteiger partial charge in [-0.2, -0.15) is 0 Å². The average Bonchev–Trinajstić information content (AvgIpc) is 2.60. The number of nitrogens with zero attached hydrogens (tertiary/aromatic N) is 1. The number of benzene rings is 2. The lowest BCUT2D eigenvalue weighted by molar-refractivity contribution is -0.122. The molecule has 1 aliphatic heterocycles. The second kappa shape index (κ2) is 7.25. The molecular weight excluding hydrogens is 368 g/mol. The van der Waals surface area contributed by atoms with Crippen LogP contribution in [0.1, 0.15) is 16.7 Å². The molecule has 2 aromatic rings. The predicted molar refractivity (Wildman–Crippen MR) is 103 cm³/mol. The highest BCUT2D eigenvalue weighted by Crippen LogP contribution is 2.28. The van der Waals surface area contributed by atoms with E-state index in [1.54, 1.807) is 37.3 Å². The second-order valence-electron chi connectivity index (χ2n) is 6.14. The van der Waals surface area contributed by atoms with Crippen molar-refractivity contribution in [2.75, 3.05) is 12.0 Å². The third-order valence-electron chi connectivity index (χ3n) is 4.18. The highest BCUT2D eigenvalue weighted by atomic mass is 35.5. The number of ether oxygens (including phenoxy) is 1. The minimum absolute atomic E-state index is 0.157. The van der Waals surface area contributed by atoms with Crippen LogP contribution in [0.15, 0.2) is 42.0 Å². The number of urea groups is 1. The van der Waals surface area contributed by atoms with Gasteiger partial charge in [-0.15, -0.1) is 0 Å². The molecule has 27 heavy (non-hydrogen) atoms. The molecule has 0 unspecified atom stereocenters. The van der Waals surface area contributed by atoms with E-state index in [1.807, 2.05) is 13.0 Å². The summed E-state index contributed by atoms with van der Waals surface area (Å²) < 4.78 is 5.09. The van der Waals surface area contributed by atoms with Gasteiger partial charge in [-0.05, 0) is 49.2 Å². The Labute approximate surface area is 161 Å². The fraction of sp³-hybridized carbons (Fsp3) is 0.150. The molecule has 7 heteroatoms. The van der Waals surface area contributed by atoms with E-state index in [-0.39, 0.29) is 5.57 Å². The first kappa shape index (κ1) is 18.7. The number of barbiturate groups is 1. The zero-order valence-electron chi connectivity index (χ0n) is 15.0. The molecule has 0 bridgehead atoms. The SMILES string of the molecule is COc1ccc(/C=C2\C(=O)NC(=O)N(c3ccc(C)cc3C)C2=O)cc1Cl. The number of imide groups is 2. The molecular formula is C20H17ClN2O4. The zero-order chi connectivity index (χ0) is 19.7. The molecule has 0 saturated carbocycles. The largest absolute Gasteiger partial charge is 0.495 e. The van der Waals surface area contributed by atoms with Gasteiger partial charge in [0.1, 0.15) is 11.3 Å². The number of nitrogens with one attached hydrogen (secondary N) is 1. The molecule has 3 rings (SSSR count). The molecule has 1 saturated heterocycles. The van der Waals surface area contributed by atoms with Crippen LogP contribution in [0.2, 0.25) is 5.02 Å².